The molecule has 88 valence electrons. The van der Waals surface area contributed by atoms with Gasteiger partial charge in [0, 0.05) is 10.7 Å². The zero-order valence-corrected chi connectivity index (χ0v) is 13.1. The molecule has 1 rings (SSSR count). The van der Waals surface area contributed by atoms with Gasteiger partial charge in [0.05, 0.1) is 11.3 Å². The lowest BCUT2D eigenvalue weighted by Crippen LogP contribution is -2.28. The van der Waals surface area contributed by atoms with Crippen molar-refractivity contribution < 1.29 is 4.43 Å². The van der Waals surface area contributed by atoms with Crippen molar-refractivity contribution in [1.29, 1.82) is 0 Å². The first-order valence-electron chi connectivity index (χ1n) is 5.28. The van der Waals surface area contributed by atoms with Gasteiger partial charge in [-0.25, -0.2) is 0 Å². The highest BCUT2D eigenvalue weighted by molar-refractivity contribution is 9.10. The molecule has 16 heavy (non-hydrogen) atoms. The van der Waals surface area contributed by atoms with Crippen LogP contribution in [-0.4, -0.2) is 14.7 Å². The summed E-state index contributed by atoms with van der Waals surface area (Å²) in [6, 6.07) is 3.99. The lowest BCUT2D eigenvalue weighted by atomic mass is 10.1. The molecule has 0 N–H and O–H groups in total. The molecule has 1 aromatic rings. The molecule has 0 bridgehead atoms. The minimum absolute atomic E-state index is 0.201. The van der Waals surface area contributed by atoms with Crippen molar-refractivity contribution in [2.45, 2.75) is 45.3 Å². The second kappa shape index (κ2) is 4.98. The predicted octanol–water partition coefficient (Wildman–Crippen LogP) is 3.93. The average Bonchev–Trinajstić information content (AvgIpc) is 2.15. The minimum atomic E-state index is -0.327. The molecule has 2 radical (unpaired) electrons. The molecule has 1 heterocycles. The molecule has 4 heteroatoms. The molecule has 0 atom stereocenters. The van der Waals surface area contributed by atoms with Gasteiger partial charge >= 0.3 is 0 Å². The monoisotopic (exact) mass is 299 g/mol. The maximum Gasteiger partial charge on any atom is 0.237 e. The number of aromatic nitrogens is 1. The van der Waals surface area contributed by atoms with Crippen molar-refractivity contribution in [3.8, 4) is 0 Å². The van der Waals surface area contributed by atoms with Crippen LogP contribution in [0.2, 0.25) is 5.04 Å². The molecule has 0 aliphatic rings. The van der Waals surface area contributed by atoms with E-state index in [2.05, 4.69) is 55.5 Å². The van der Waals surface area contributed by atoms with Crippen molar-refractivity contribution in [1.82, 2.24) is 4.98 Å². The zero-order valence-electron chi connectivity index (χ0n) is 10.5. The van der Waals surface area contributed by atoms with Crippen LogP contribution in [0.5, 0.6) is 0 Å². The van der Waals surface area contributed by atoms with Crippen LogP contribution in [0.25, 0.3) is 0 Å². The van der Waals surface area contributed by atoms with E-state index in [-0.39, 0.29) is 10.6 Å². The molecule has 0 spiro atoms. The summed E-state index contributed by atoms with van der Waals surface area (Å²) in [5, 5.41) is 0.201. The Hall–Kier alpha value is -0.193. The minimum Gasteiger partial charge on any atom is -0.406 e. The van der Waals surface area contributed by atoms with Crippen LogP contribution in [0.4, 0.5) is 0 Å². The normalized spacial score (nSPS) is 12.9. The van der Waals surface area contributed by atoms with E-state index in [9.17, 15) is 0 Å². The molecule has 0 fully saturated rings. The van der Waals surface area contributed by atoms with Crippen molar-refractivity contribution in [3.05, 3.63) is 28.5 Å². The standard InChI is InChI=1S/C12H18BrNOSi/c1-11(2,3)16-15-12(4,5)10-7-6-9(13)8-14-10/h6-8H,1-5H3. The topological polar surface area (TPSA) is 22.1 Å². The number of nitrogens with zero attached hydrogens (tertiary/aromatic N) is 1. The first kappa shape index (κ1) is 13.9. The van der Waals surface area contributed by atoms with Crippen molar-refractivity contribution >= 4 is 25.7 Å². The van der Waals surface area contributed by atoms with E-state index in [1.54, 1.807) is 6.20 Å². The third-order valence-electron chi connectivity index (χ3n) is 1.96. The lowest BCUT2D eigenvalue weighted by molar-refractivity contribution is 0.104. The molecule has 0 aliphatic heterocycles. The SMILES string of the molecule is CC(C)(C)[Si]OC(C)(C)c1ccc(Br)cn1. The fourth-order valence-electron chi connectivity index (χ4n) is 1.06. The largest absolute Gasteiger partial charge is 0.406 e. The number of rotatable bonds is 3. The molecule has 0 saturated heterocycles. The Kier molecular flexibility index (Phi) is 4.32. The zero-order chi connectivity index (χ0) is 12.4. The van der Waals surface area contributed by atoms with Gasteiger partial charge in [-0.3, -0.25) is 4.98 Å². The van der Waals surface area contributed by atoms with E-state index in [4.69, 9.17) is 4.43 Å². The molecule has 1 aromatic heterocycles. The van der Waals surface area contributed by atoms with Crippen molar-refractivity contribution in [3.63, 3.8) is 0 Å². The van der Waals surface area contributed by atoms with E-state index >= 15 is 0 Å². The van der Waals surface area contributed by atoms with E-state index in [0.717, 1.165) is 10.2 Å². The Bertz CT molecular complexity index is 343. The third-order valence-corrected chi connectivity index (χ3v) is 3.65. The van der Waals surface area contributed by atoms with Gasteiger partial charge in [-0.05, 0) is 46.9 Å². The summed E-state index contributed by atoms with van der Waals surface area (Å²) in [5.74, 6) is 0. The fourth-order valence-corrected chi connectivity index (χ4v) is 1.97. The smallest absolute Gasteiger partial charge is 0.237 e. The number of hydrogen-bond donors (Lipinski definition) is 0. The molecule has 0 amide bonds. The number of pyridine rings is 1. The molecule has 0 unspecified atom stereocenters. The van der Waals surface area contributed by atoms with Crippen LogP contribution in [0.1, 0.15) is 40.3 Å². The maximum atomic E-state index is 5.97. The Labute approximate surface area is 109 Å². The molecule has 2 nitrogen and oxygen atoms in total. The predicted molar refractivity (Wildman–Crippen MR) is 71.5 cm³/mol. The summed E-state index contributed by atoms with van der Waals surface area (Å²) in [4.78, 5) is 4.38. The van der Waals surface area contributed by atoms with Gasteiger partial charge in [-0.15, -0.1) is 0 Å². The van der Waals surface area contributed by atoms with Crippen LogP contribution < -0.4 is 0 Å². The first-order chi connectivity index (χ1) is 7.21. The Balaban J connectivity index is 2.73. The summed E-state index contributed by atoms with van der Waals surface area (Å²) < 4.78 is 6.96. The number of halogens is 1. The molecule has 0 aliphatic carbocycles. The maximum absolute atomic E-state index is 5.97. The summed E-state index contributed by atoms with van der Waals surface area (Å²) in [7, 11) is 0.464. The second-order valence-corrected chi connectivity index (χ2v) is 8.15. The van der Waals surface area contributed by atoms with Gasteiger partial charge in [-0.1, -0.05) is 20.8 Å². The van der Waals surface area contributed by atoms with Gasteiger partial charge in [-0.2, -0.15) is 0 Å². The van der Waals surface area contributed by atoms with Crippen LogP contribution in [0.15, 0.2) is 22.8 Å². The highest BCUT2D eigenvalue weighted by Gasteiger charge is 2.26. The molecule has 0 aromatic carbocycles. The highest BCUT2D eigenvalue weighted by Crippen LogP contribution is 2.28. The van der Waals surface area contributed by atoms with E-state index in [1.165, 1.54) is 0 Å². The van der Waals surface area contributed by atoms with Gasteiger partial charge in [0.15, 0.2) is 0 Å². The second-order valence-electron chi connectivity index (χ2n) is 5.33. The Morgan fingerprint density at radius 2 is 1.81 bits per heavy atom. The highest BCUT2D eigenvalue weighted by atomic mass is 79.9. The van der Waals surface area contributed by atoms with Gasteiger partial charge in [0.25, 0.3) is 0 Å². The Morgan fingerprint density at radius 1 is 1.19 bits per heavy atom. The van der Waals surface area contributed by atoms with Crippen LogP contribution >= 0.6 is 15.9 Å². The van der Waals surface area contributed by atoms with Gasteiger partial charge < -0.3 is 4.43 Å². The fraction of sp³-hybridized carbons (Fsp3) is 0.583. The van der Waals surface area contributed by atoms with Crippen molar-refractivity contribution in [2.24, 2.45) is 0 Å². The summed E-state index contributed by atoms with van der Waals surface area (Å²) in [6.45, 7) is 10.6. The van der Waals surface area contributed by atoms with Crippen molar-refractivity contribution in [2.75, 3.05) is 0 Å². The van der Waals surface area contributed by atoms with Crippen LogP contribution in [0.3, 0.4) is 0 Å². The summed E-state index contributed by atoms with van der Waals surface area (Å²) >= 11 is 3.38. The van der Waals surface area contributed by atoms with E-state index < -0.39 is 0 Å². The van der Waals surface area contributed by atoms with E-state index in [0.29, 0.717) is 9.76 Å². The van der Waals surface area contributed by atoms with Crippen LogP contribution in [-0.2, 0) is 10.0 Å². The molecule has 0 saturated carbocycles. The summed E-state index contributed by atoms with van der Waals surface area (Å²) in [5.41, 5.74) is 0.638. The number of hydrogen-bond acceptors (Lipinski definition) is 2. The lowest BCUT2D eigenvalue weighted by Gasteiger charge is -2.28. The average molecular weight is 300 g/mol. The summed E-state index contributed by atoms with van der Waals surface area (Å²) in [6.07, 6.45) is 1.81. The van der Waals surface area contributed by atoms with Crippen LogP contribution in [0, 0.1) is 0 Å². The van der Waals surface area contributed by atoms with Gasteiger partial charge in [0.1, 0.15) is 0 Å². The quantitative estimate of drug-likeness (QED) is 0.789. The third kappa shape index (κ3) is 4.35. The molecular formula is C12H18BrNOSi. The van der Waals surface area contributed by atoms with E-state index in [1.807, 2.05) is 12.1 Å². The molecular weight excluding hydrogens is 282 g/mol. The first-order valence-corrected chi connectivity index (χ1v) is 6.98. The van der Waals surface area contributed by atoms with Gasteiger partial charge in [0.2, 0.25) is 9.76 Å². The Morgan fingerprint density at radius 3 is 2.25 bits per heavy atom.